The second-order valence-electron chi connectivity index (χ2n) is 8.13. The molecule has 0 amide bonds. The van der Waals surface area contributed by atoms with Gasteiger partial charge in [-0.2, -0.15) is 17.0 Å². The molecule has 0 aliphatic carbocycles. The highest BCUT2D eigenvalue weighted by atomic mass is 32.2. The molecule has 1 spiro atoms. The summed E-state index contributed by atoms with van der Waals surface area (Å²) in [6.07, 6.45) is 5.43. The molecule has 1 saturated heterocycles. The Bertz CT molecular complexity index is 922. The van der Waals surface area contributed by atoms with Crippen molar-refractivity contribution in [1.29, 1.82) is 0 Å². The molecule has 1 aromatic carbocycles. The number of nitrogens with zero attached hydrogens (tertiary/aromatic N) is 4. The van der Waals surface area contributed by atoms with Crippen LogP contribution >= 0.6 is 0 Å². The number of aromatic nitrogens is 1. The molecule has 0 atom stereocenters. The number of fused-ring (bicyclic) bond motifs is 2. The first kappa shape index (κ1) is 19.5. The Kier molecular flexibility index (Phi) is 5.26. The van der Waals surface area contributed by atoms with Crippen molar-refractivity contribution < 1.29 is 8.42 Å². The van der Waals surface area contributed by atoms with Gasteiger partial charge in [0.2, 0.25) is 0 Å². The molecule has 2 aliphatic rings. The average Bonchev–Trinajstić information content (AvgIpc) is 2.69. The lowest BCUT2D eigenvalue weighted by Crippen LogP contribution is -2.54. The molecule has 3 heterocycles. The monoisotopic (exact) mass is 400 g/mol. The maximum absolute atomic E-state index is 12.5. The van der Waals surface area contributed by atoms with E-state index in [1.165, 1.54) is 21.0 Å². The van der Waals surface area contributed by atoms with E-state index in [1.807, 2.05) is 12.3 Å². The van der Waals surface area contributed by atoms with Crippen LogP contribution in [-0.2, 0) is 28.7 Å². The fourth-order valence-corrected chi connectivity index (χ4v) is 5.76. The number of hydrogen-bond donors (Lipinski definition) is 0. The van der Waals surface area contributed by atoms with Crippen molar-refractivity contribution in [3.8, 4) is 0 Å². The van der Waals surface area contributed by atoms with Gasteiger partial charge < -0.3 is 0 Å². The Morgan fingerprint density at radius 2 is 1.86 bits per heavy atom. The Morgan fingerprint density at radius 1 is 1.11 bits per heavy atom. The smallest absolute Gasteiger partial charge is 0.281 e. The van der Waals surface area contributed by atoms with E-state index < -0.39 is 10.2 Å². The molecule has 28 heavy (non-hydrogen) atoms. The summed E-state index contributed by atoms with van der Waals surface area (Å²) >= 11 is 0. The molecule has 150 valence electrons. The maximum Gasteiger partial charge on any atom is 0.281 e. The Labute approximate surface area is 168 Å². The molecular formula is C21H28N4O2S. The third-order valence-corrected chi connectivity index (χ3v) is 8.05. The van der Waals surface area contributed by atoms with Crippen LogP contribution in [0, 0.1) is 0 Å². The molecule has 0 saturated carbocycles. The van der Waals surface area contributed by atoms with E-state index in [2.05, 4.69) is 40.2 Å². The zero-order valence-electron chi connectivity index (χ0n) is 16.6. The Hall–Kier alpha value is -1.80. The van der Waals surface area contributed by atoms with Crippen LogP contribution in [0.4, 0.5) is 0 Å². The standard InChI is InChI=1S/C21H28N4O2S/c1-23(2)28(26,27)25-12-9-21(10-13-25)17-24(15-18-6-5-11-22-14-18)16-19-7-3-4-8-20(19)21/h3-8,11,14H,9-10,12-13,15-17H2,1-2H3. The van der Waals surface area contributed by atoms with E-state index in [0.29, 0.717) is 13.1 Å². The van der Waals surface area contributed by atoms with E-state index in [-0.39, 0.29) is 5.41 Å². The van der Waals surface area contributed by atoms with Crippen molar-refractivity contribution >= 4 is 10.2 Å². The first-order valence-electron chi connectivity index (χ1n) is 9.78. The van der Waals surface area contributed by atoms with Gasteiger partial charge in [-0.15, -0.1) is 0 Å². The van der Waals surface area contributed by atoms with Crippen LogP contribution in [0.25, 0.3) is 0 Å². The van der Waals surface area contributed by atoms with Gasteiger partial charge in [0.05, 0.1) is 0 Å². The van der Waals surface area contributed by atoms with Gasteiger partial charge >= 0.3 is 0 Å². The highest BCUT2D eigenvalue weighted by Crippen LogP contribution is 2.42. The zero-order chi connectivity index (χ0) is 19.8. The third kappa shape index (κ3) is 3.59. The summed E-state index contributed by atoms with van der Waals surface area (Å²) in [5.41, 5.74) is 3.99. The molecule has 2 aliphatic heterocycles. The lowest BCUT2D eigenvalue weighted by Gasteiger charge is -2.48. The molecule has 2 aromatic rings. The second kappa shape index (κ2) is 7.55. The van der Waals surface area contributed by atoms with Gasteiger partial charge in [-0.05, 0) is 35.6 Å². The van der Waals surface area contributed by atoms with Crippen LogP contribution in [0.3, 0.4) is 0 Å². The predicted octanol–water partition coefficient (Wildman–Crippen LogP) is 2.24. The number of pyridine rings is 1. The third-order valence-electron chi connectivity index (χ3n) is 6.11. The van der Waals surface area contributed by atoms with Gasteiger partial charge in [0.1, 0.15) is 0 Å². The van der Waals surface area contributed by atoms with Gasteiger partial charge in [-0.3, -0.25) is 9.88 Å². The van der Waals surface area contributed by atoms with Crippen molar-refractivity contribution in [3.05, 3.63) is 65.5 Å². The summed E-state index contributed by atoms with van der Waals surface area (Å²) < 4.78 is 28.0. The highest BCUT2D eigenvalue weighted by Gasteiger charge is 2.44. The summed E-state index contributed by atoms with van der Waals surface area (Å²) in [6, 6.07) is 12.8. The van der Waals surface area contributed by atoms with E-state index in [4.69, 9.17) is 0 Å². The second-order valence-corrected chi connectivity index (χ2v) is 10.3. The first-order chi connectivity index (χ1) is 13.4. The van der Waals surface area contributed by atoms with Crippen LogP contribution in [0.2, 0.25) is 0 Å². The molecule has 0 N–H and O–H groups in total. The lowest BCUT2D eigenvalue weighted by molar-refractivity contribution is 0.120. The van der Waals surface area contributed by atoms with Crippen molar-refractivity contribution in [2.24, 2.45) is 0 Å². The summed E-state index contributed by atoms with van der Waals surface area (Å²) in [5, 5.41) is 0. The maximum atomic E-state index is 12.5. The summed E-state index contributed by atoms with van der Waals surface area (Å²) in [5.74, 6) is 0. The molecule has 0 bridgehead atoms. The van der Waals surface area contributed by atoms with Crippen LogP contribution in [0.15, 0.2) is 48.8 Å². The minimum Gasteiger partial charge on any atom is -0.294 e. The number of rotatable bonds is 4. The minimum atomic E-state index is -3.35. The molecule has 1 fully saturated rings. The van der Waals surface area contributed by atoms with Crippen LogP contribution in [-0.4, -0.2) is 60.6 Å². The van der Waals surface area contributed by atoms with Crippen LogP contribution in [0.1, 0.15) is 29.5 Å². The minimum absolute atomic E-state index is 0.00931. The van der Waals surface area contributed by atoms with Gasteiger partial charge in [-0.1, -0.05) is 30.3 Å². The van der Waals surface area contributed by atoms with Crippen molar-refractivity contribution in [2.75, 3.05) is 33.7 Å². The molecule has 7 heteroatoms. The highest BCUT2D eigenvalue weighted by molar-refractivity contribution is 7.86. The number of benzene rings is 1. The van der Waals surface area contributed by atoms with Crippen molar-refractivity contribution in [2.45, 2.75) is 31.3 Å². The summed E-state index contributed by atoms with van der Waals surface area (Å²) in [7, 11) is -0.145. The largest absolute Gasteiger partial charge is 0.294 e. The topological polar surface area (TPSA) is 56.8 Å². The quantitative estimate of drug-likeness (QED) is 0.790. The molecule has 0 radical (unpaired) electrons. The van der Waals surface area contributed by atoms with Crippen LogP contribution in [0.5, 0.6) is 0 Å². The molecular weight excluding hydrogens is 372 g/mol. The Morgan fingerprint density at radius 3 is 2.54 bits per heavy atom. The van der Waals surface area contributed by atoms with E-state index in [1.54, 1.807) is 24.6 Å². The SMILES string of the molecule is CN(C)S(=O)(=O)N1CCC2(CC1)CN(Cc1cccnc1)Cc1ccccc12. The first-order valence-corrected chi connectivity index (χ1v) is 11.2. The molecule has 4 rings (SSSR count). The predicted molar refractivity (Wildman–Crippen MR) is 110 cm³/mol. The summed E-state index contributed by atoms with van der Waals surface area (Å²) in [4.78, 5) is 6.73. The van der Waals surface area contributed by atoms with Crippen molar-refractivity contribution in [1.82, 2.24) is 18.5 Å². The molecule has 0 unspecified atom stereocenters. The van der Waals surface area contributed by atoms with Gasteiger partial charge in [0.25, 0.3) is 10.2 Å². The van der Waals surface area contributed by atoms with Gasteiger partial charge in [0, 0.05) is 64.6 Å². The Balaban J connectivity index is 1.59. The van der Waals surface area contributed by atoms with Gasteiger partial charge in [-0.25, -0.2) is 0 Å². The zero-order valence-corrected chi connectivity index (χ0v) is 17.4. The molecule has 1 aromatic heterocycles. The number of piperidine rings is 1. The van der Waals surface area contributed by atoms with Gasteiger partial charge in [0.15, 0.2) is 0 Å². The van der Waals surface area contributed by atoms with Crippen LogP contribution < -0.4 is 0 Å². The fraction of sp³-hybridized carbons (Fsp3) is 0.476. The van der Waals surface area contributed by atoms with Crippen molar-refractivity contribution in [3.63, 3.8) is 0 Å². The number of hydrogen-bond acceptors (Lipinski definition) is 4. The normalized spacial score (nSPS) is 20.4. The summed E-state index contributed by atoms with van der Waals surface area (Å²) in [6.45, 7) is 3.87. The molecule has 6 nitrogen and oxygen atoms in total. The van der Waals surface area contributed by atoms with E-state index >= 15 is 0 Å². The fourth-order valence-electron chi connectivity index (χ4n) is 4.65. The van der Waals surface area contributed by atoms with E-state index in [9.17, 15) is 8.42 Å². The van der Waals surface area contributed by atoms with E-state index in [0.717, 1.165) is 32.5 Å². The average molecular weight is 401 g/mol. The lowest BCUT2D eigenvalue weighted by atomic mass is 9.69.